The number of hydrogen-bond acceptors (Lipinski definition) is 3. The Labute approximate surface area is 313 Å². The van der Waals surface area contributed by atoms with Crippen LogP contribution in [0.2, 0.25) is 0 Å². The van der Waals surface area contributed by atoms with E-state index in [1.807, 2.05) is 0 Å². The highest BCUT2D eigenvalue weighted by Crippen LogP contribution is 2.34. The molecule has 1 aromatic carbocycles. The minimum Gasteiger partial charge on any atom is -0.478 e. The molecule has 294 valence electrons. The van der Waals surface area contributed by atoms with Crippen molar-refractivity contribution in [1.29, 1.82) is 0 Å². The second-order valence-corrected chi connectivity index (χ2v) is 15.3. The summed E-state index contributed by atoms with van der Waals surface area (Å²) < 4.78 is 0. The molecule has 1 rings (SSSR count). The molecule has 0 heterocycles. The molecule has 0 aliphatic carbocycles. The first-order valence-corrected chi connectivity index (χ1v) is 21.7. The predicted molar refractivity (Wildman–Crippen MR) is 214 cm³/mol. The van der Waals surface area contributed by atoms with Gasteiger partial charge in [0.05, 0.1) is 16.7 Å². The summed E-state index contributed by atoms with van der Waals surface area (Å²) in [6, 6.07) is 0. The Morgan fingerprint density at radius 1 is 0.294 bits per heavy atom. The standard InChI is InChI=1S/C45H78O6/c1-4-7-10-13-16-19-22-25-28-31-34-37-40(43(46)47)38(35-32-29-26-23-20-17-14-11-8-5-2)42(45(50)51)39(41(37)44(48)49)36-33-30-27-24-21-18-15-12-9-6-3/h4-36H2,1-3H3,(H,46,47)(H,48,49)(H,50,51). The number of benzene rings is 1. The minimum absolute atomic E-state index is 0.0523. The maximum atomic E-state index is 12.9. The van der Waals surface area contributed by atoms with Crippen molar-refractivity contribution in [3.63, 3.8) is 0 Å². The van der Waals surface area contributed by atoms with Crippen LogP contribution < -0.4 is 0 Å². The Bertz CT molecular complexity index is 923. The van der Waals surface area contributed by atoms with E-state index in [0.717, 1.165) is 57.8 Å². The van der Waals surface area contributed by atoms with Gasteiger partial charge in [-0.1, -0.05) is 194 Å². The summed E-state index contributed by atoms with van der Waals surface area (Å²) in [4.78, 5) is 38.8. The van der Waals surface area contributed by atoms with Crippen LogP contribution in [0.25, 0.3) is 0 Å². The van der Waals surface area contributed by atoms with Crippen molar-refractivity contribution < 1.29 is 29.7 Å². The molecule has 0 fully saturated rings. The van der Waals surface area contributed by atoms with Crippen molar-refractivity contribution >= 4 is 17.9 Å². The van der Waals surface area contributed by atoms with Crippen molar-refractivity contribution in [2.75, 3.05) is 0 Å². The molecule has 0 bridgehead atoms. The van der Waals surface area contributed by atoms with Crippen molar-refractivity contribution in [2.45, 2.75) is 233 Å². The average Bonchev–Trinajstić information content (AvgIpc) is 3.09. The van der Waals surface area contributed by atoms with Crippen LogP contribution in [-0.2, 0) is 19.3 Å². The topological polar surface area (TPSA) is 112 Å². The highest BCUT2D eigenvalue weighted by atomic mass is 16.4. The van der Waals surface area contributed by atoms with Crippen molar-refractivity contribution in [3.05, 3.63) is 33.4 Å². The molecule has 1 aromatic rings. The molecular weight excluding hydrogens is 636 g/mol. The first kappa shape index (κ1) is 46.7. The first-order valence-electron chi connectivity index (χ1n) is 21.7. The molecule has 0 aliphatic rings. The summed E-state index contributed by atoms with van der Waals surface area (Å²) >= 11 is 0. The Morgan fingerprint density at radius 3 is 0.608 bits per heavy atom. The lowest BCUT2D eigenvalue weighted by atomic mass is 9.81. The van der Waals surface area contributed by atoms with Gasteiger partial charge in [0.15, 0.2) is 0 Å². The van der Waals surface area contributed by atoms with E-state index in [2.05, 4.69) is 20.8 Å². The third kappa shape index (κ3) is 20.5. The number of unbranched alkanes of at least 4 members (excludes halogenated alkanes) is 27. The molecule has 0 saturated heterocycles. The van der Waals surface area contributed by atoms with Crippen LogP contribution in [0, 0.1) is 0 Å². The maximum Gasteiger partial charge on any atom is 0.336 e. The van der Waals surface area contributed by atoms with Gasteiger partial charge in [0.2, 0.25) is 0 Å². The lowest BCUT2D eigenvalue weighted by molar-refractivity contribution is 0.0693. The maximum absolute atomic E-state index is 12.9. The zero-order chi connectivity index (χ0) is 37.5. The Balaban J connectivity index is 3.14. The number of rotatable bonds is 36. The molecule has 0 amide bonds. The third-order valence-corrected chi connectivity index (χ3v) is 10.8. The van der Waals surface area contributed by atoms with E-state index in [1.165, 1.54) is 116 Å². The quantitative estimate of drug-likeness (QED) is 0.0597. The monoisotopic (exact) mass is 715 g/mol. The molecule has 6 heteroatoms. The molecule has 51 heavy (non-hydrogen) atoms. The first-order chi connectivity index (χ1) is 24.8. The Kier molecular flexibility index (Phi) is 28.5. The normalized spacial score (nSPS) is 11.4. The van der Waals surface area contributed by atoms with Crippen LogP contribution in [0.15, 0.2) is 0 Å². The Morgan fingerprint density at radius 2 is 0.451 bits per heavy atom. The predicted octanol–water partition coefficient (Wildman–Crippen LogP) is 14.2. The average molecular weight is 715 g/mol. The summed E-state index contributed by atoms with van der Waals surface area (Å²) in [6.45, 7) is 6.67. The van der Waals surface area contributed by atoms with Crippen molar-refractivity contribution in [1.82, 2.24) is 0 Å². The number of carboxylic acids is 3. The second-order valence-electron chi connectivity index (χ2n) is 15.3. The van der Waals surface area contributed by atoms with Gasteiger partial charge >= 0.3 is 17.9 Å². The van der Waals surface area contributed by atoms with E-state index < -0.39 is 17.9 Å². The lowest BCUT2D eigenvalue weighted by Crippen LogP contribution is -2.22. The van der Waals surface area contributed by atoms with Crippen LogP contribution in [0.1, 0.15) is 261 Å². The van der Waals surface area contributed by atoms with Gasteiger partial charge in [0, 0.05) is 0 Å². The van der Waals surface area contributed by atoms with E-state index in [0.29, 0.717) is 55.2 Å². The van der Waals surface area contributed by atoms with E-state index in [-0.39, 0.29) is 16.7 Å². The molecule has 6 nitrogen and oxygen atoms in total. The van der Waals surface area contributed by atoms with E-state index in [1.54, 1.807) is 0 Å². The number of aromatic carboxylic acids is 3. The summed E-state index contributed by atoms with van der Waals surface area (Å²) in [7, 11) is 0. The molecule has 0 spiro atoms. The second kappa shape index (κ2) is 31.2. The number of carboxylic acid groups (broad SMARTS) is 3. The van der Waals surface area contributed by atoms with Gasteiger partial charge in [-0.3, -0.25) is 0 Å². The van der Waals surface area contributed by atoms with Gasteiger partial charge in [0.25, 0.3) is 0 Å². The minimum atomic E-state index is -1.20. The van der Waals surface area contributed by atoms with Gasteiger partial charge in [-0.2, -0.15) is 0 Å². The van der Waals surface area contributed by atoms with Crippen molar-refractivity contribution in [2.24, 2.45) is 0 Å². The van der Waals surface area contributed by atoms with Crippen LogP contribution in [-0.4, -0.2) is 33.2 Å². The van der Waals surface area contributed by atoms with E-state index in [4.69, 9.17) is 0 Å². The van der Waals surface area contributed by atoms with Crippen LogP contribution in [0.3, 0.4) is 0 Å². The fourth-order valence-electron chi connectivity index (χ4n) is 7.81. The van der Waals surface area contributed by atoms with Gasteiger partial charge in [-0.25, -0.2) is 14.4 Å². The fourth-order valence-corrected chi connectivity index (χ4v) is 7.81. The van der Waals surface area contributed by atoms with Gasteiger partial charge in [0.1, 0.15) is 0 Å². The van der Waals surface area contributed by atoms with Gasteiger partial charge in [-0.15, -0.1) is 0 Å². The number of hydrogen-bond donors (Lipinski definition) is 3. The van der Waals surface area contributed by atoms with Crippen molar-refractivity contribution in [3.8, 4) is 0 Å². The largest absolute Gasteiger partial charge is 0.478 e. The summed E-state index contributed by atoms with van der Waals surface area (Å²) in [5, 5.41) is 31.7. The highest BCUT2D eigenvalue weighted by Gasteiger charge is 2.32. The summed E-state index contributed by atoms with van der Waals surface area (Å²) in [5.74, 6) is -3.60. The molecule has 0 aliphatic heterocycles. The Hall–Kier alpha value is -2.37. The van der Waals surface area contributed by atoms with Gasteiger partial charge < -0.3 is 15.3 Å². The molecule has 0 saturated carbocycles. The molecule has 0 aromatic heterocycles. The van der Waals surface area contributed by atoms with E-state index >= 15 is 0 Å². The highest BCUT2D eigenvalue weighted by molar-refractivity contribution is 6.05. The molecule has 3 N–H and O–H groups in total. The summed E-state index contributed by atoms with van der Waals surface area (Å²) in [5.41, 5.74) is 0.895. The zero-order valence-electron chi connectivity index (χ0n) is 33.4. The van der Waals surface area contributed by atoms with Crippen LogP contribution >= 0.6 is 0 Å². The molecule has 0 unspecified atom stereocenters. The molecular formula is C45H78O6. The van der Waals surface area contributed by atoms with Crippen LogP contribution in [0.4, 0.5) is 0 Å². The molecule has 0 radical (unpaired) electrons. The number of carbonyl (C=O) groups is 3. The fraction of sp³-hybridized carbons (Fsp3) is 0.800. The zero-order valence-corrected chi connectivity index (χ0v) is 33.4. The van der Waals surface area contributed by atoms with Crippen LogP contribution in [0.5, 0.6) is 0 Å². The van der Waals surface area contributed by atoms with Gasteiger partial charge in [-0.05, 0) is 55.2 Å². The SMILES string of the molecule is CCCCCCCCCCCCc1c(C(=O)O)c(CCCCCCCCCCCC)c(C(=O)O)c(CCCCCCCCCCCC)c1C(=O)O. The smallest absolute Gasteiger partial charge is 0.336 e. The summed E-state index contributed by atoms with van der Waals surface area (Å²) in [6.07, 6.45) is 35.1. The lowest BCUT2D eigenvalue weighted by Gasteiger charge is -2.22. The third-order valence-electron chi connectivity index (χ3n) is 10.8. The van der Waals surface area contributed by atoms with E-state index in [9.17, 15) is 29.7 Å². The molecule has 0 atom stereocenters.